The second kappa shape index (κ2) is 8.66. The highest BCUT2D eigenvalue weighted by Gasteiger charge is 2.34. The van der Waals surface area contributed by atoms with Crippen LogP contribution in [0.4, 0.5) is 17.6 Å². The number of rotatable bonds is 5. The van der Waals surface area contributed by atoms with Crippen molar-refractivity contribution >= 4 is 29.0 Å². The van der Waals surface area contributed by atoms with Crippen LogP contribution in [0, 0.1) is 0 Å². The number of nitrogens with one attached hydrogen (secondary N) is 4. The van der Waals surface area contributed by atoms with Crippen molar-refractivity contribution in [1.82, 2.24) is 35.4 Å². The first-order chi connectivity index (χ1) is 15.9. The molecule has 2 aliphatic rings. The lowest BCUT2D eigenvalue weighted by Gasteiger charge is -2.28. The minimum absolute atomic E-state index is 0.0296. The van der Waals surface area contributed by atoms with Crippen LogP contribution < -0.4 is 20.9 Å². The SMILES string of the molecule is CC(C)(C)c1cc(Nc2nc(N3CCC[C@H]3C(=O)NC3CCCNC3)nn3cccc23)n[nH]1. The summed E-state index contributed by atoms with van der Waals surface area (Å²) in [5.41, 5.74) is 1.87. The highest BCUT2D eigenvalue weighted by atomic mass is 16.2. The Kier molecular flexibility index (Phi) is 5.69. The molecule has 5 heterocycles. The van der Waals surface area contributed by atoms with E-state index in [1.165, 1.54) is 0 Å². The molecular formula is C23H33N9O. The van der Waals surface area contributed by atoms with Gasteiger partial charge in [-0.1, -0.05) is 20.8 Å². The predicted octanol–water partition coefficient (Wildman–Crippen LogP) is 2.33. The number of hydrogen-bond donors (Lipinski definition) is 4. The fourth-order valence-electron chi connectivity index (χ4n) is 4.58. The van der Waals surface area contributed by atoms with E-state index in [4.69, 9.17) is 10.1 Å². The molecule has 2 atom stereocenters. The molecule has 2 saturated heterocycles. The van der Waals surface area contributed by atoms with Gasteiger partial charge >= 0.3 is 0 Å². The first-order valence-electron chi connectivity index (χ1n) is 11.8. The van der Waals surface area contributed by atoms with E-state index in [1.807, 2.05) is 29.3 Å². The third-order valence-corrected chi connectivity index (χ3v) is 6.47. The molecule has 0 bridgehead atoms. The van der Waals surface area contributed by atoms with Gasteiger partial charge in [-0.3, -0.25) is 9.89 Å². The summed E-state index contributed by atoms with van der Waals surface area (Å²) in [7, 11) is 0. The maximum atomic E-state index is 13.1. The van der Waals surface area contributed by atoms with Crippen molar-refractivity contribution in [2.24, 2.45) is 0 Å². The number of aromatic amines is 1. The van der Waals surface area contributed by atoms with Gasteiger partial charge < -0.3 is 20.9 Å². The van der Waals surface area contributed by atoms with Crippen LogP contribution in [-0.2, 0) is 10.2 Å². The van der Waals surface area contributed by atoms with Crippen molar-refractivity contribution in [1.29, 1.82) is 0 Å². The summed E-state index contributed by atoms with van der Waals surface area (Å²) in [5.74, 6) is 1.98. The average Bonchev–Trinajstić information content (AvgIpc) is 3.54. The van der Waals surface area contributed by atoms with Crippen LogP contribution in [0.3, 0.4) is 0 Å². The Morgan fingerprint density at radius 1 is 1.24 bits per heavy atom. The minimum Gasteiger partial charge on any atom is -0.350 e. The normalized spacial score (nSPS) is 21.5. The zero-order valence-corrected chi connectivity index (χ0v) is 19.6. The molecular weight excluding hydrogens is 418 g/mol. The molecule has 0 aliphatic carbocycles. The molecule has 2 aliphatic heterocycles. The molecule has 0 aromatic carbocycles. The van der Waals surface area contributed by atoms with Crippen molar-refractivity contribution in [3.05, 3.63) is 30.1 Å². The Morgan fingerprint density at radius 3 is 2.88 bits per heavy atom. The molecule has 10 nitrogen and oxygen atoms in total. The van der Waals surface area contributed by atoms with Gasteiger partial charge in [-0.2, -0.15) is 10.1 Å². The Hall–Kier alpha value is -3.14. The first kappa shape index (κ1) is 21.7. The van der Waals surface area contributed by atoms with Gasteiger partial charge in [0.15, 0.2) is 11.6 Å². The molecule has 0 spiro atoms. The first-order valence-corrected chi connectivity index (χ1v) is 11.8. The number of piperidine rings is 1. The van der Waals surface area contributed by atoms with Crippen molar-refractivity contribution in [3.8, 4) is 0 Å². The summed E-state index contributed by atoms with van der Waals surface area (Å²) >= 11 is 0. The lowest BCUT2D eigenvalue weighted by atomic mass is 9.92. The minimum atomic E-state index is -0.259. The van der Waals surface area contributed by atoms with E-state index in [0.717, 1.165) is 56.5 Å². The third-order valence-electron chi connectivity index (χ3n) is 6.47. The number of nitrogens with zero attached hydrogens (tertiary/aromatic N) is 5. The molecule has 3 aromatic heterocycles. The summed E-state index contributed by atoms with van der Waals surface area (Å²) in [4.78, 5) is 20.0. The second-order valence-electron chi connectivity index (χ2n) is 10.0. The van der Waals surface area contributed by atoms with Crippen LogP contribution in [0.5, 0.6) is 0 Å². The van der Waals surface area contributed by atoms with E-state index in [-0.39, 0.29) is 23.4 Å². The molecule has 4 N–H and O–H groups in total. The van der Waals surface area contributed by atoms with E-state index in [2.05, 4.69) is 46.9 Å². The van der Waals surface area contributed by atoms with Gasteiger partial charge in [-0.25, -0.2) is 4.52 Å². The summed E-state index contributed by atoms with van der Waals surface area (Å²) in [6, 6.07) is 5.84. The summed E-state index contributed by atoms with van der Waals surface area (Å²) in [6.45, 7) is 9.03. The largest absolute Gasteiger partial charge is 0.350 e. The van der Waals surface area contributed by atoms with E-state index >= 15 is 0 Å². The Labute approximate surface area is 193 Å². The Balaban J connectivity index is 1.40. The van der Waals surface area contributed by atoms with Crippen molar-refractivity contribution in [3.63, 3.8) is 0 Å². The van der Waals surface area contributed by atoms with Gasteiger partial charge in [0.25, 0.3) is 0 Å². The highest BCUT2D eigenvalue weighted by molar-refractivity contribution is 5.86. The topological polar surface area (TPSA) is 115 Å². The molecule has 1 amide bonds. The predicted molar refractivity (Wildman–Crippen MR) is 128 cm³/mol. The summed E-state index contributed by atoms with van der Waals surface area (Å²) in [6.07, 6.45) is 5.74. The number of hydrogen-bond acceptors (Lipinski definition) is 7. The fraction of sp³-hybridized carbons (Fsp3) is 0.565. The van der Waals surface area contributed by atoms with E-state index in [0.29, 0.717) is 17.6 Å². The van der Waals surface area contributed by atoms with Gasteiger partial charge in [-0.05, 0) is 44.4 Å². The molecule has 5 rings (SSSR count). The van der Waals surface area contributed by atoms with Crippen molar-refractivity contribution in [2.75, 3.05) is 29.9 Å². The molecule has 1 unspecified atom stereocenters. The smallest absolute Gasteiger partial charge is 0.246 e. The second-order valence-corrected chi connectivity index (χ2v) is 10.0. The number of aromatic nitrogens is 5. The Bertz CT molecular complexity index is 1120. The van der Waals surface area contributed by atoms with Crippen LogP contribution in [-0.4, -0.2) is 62.4 Å². The van der Waals surface area contributed by atoms with E-state index in [9.17, 15) is 4.79 Å². The standard InChI is InChI=1S/C23H33N9O/c1-23(2,3)18-13-19(29-28-18)26-20-16-8-6-12-32(16)30-22(27-20)31-11-5-9-17(31)21(33)25-15-7-4-10-24-14-15/h6,8,12-13,15,17,24H,4-5,7,9-11,14H2,1-3H3,(H,25,33)(H2,26,27,28,29,30)/t15?,17-/m0/s1. The van der Waals surface area contributed by atoms with E-state index < -0.39 is 0 Å². The van der Waals surface area contributed by atoms with Gasteiger partial charge in [-0.15, -0.1) is 5.10 Å². The van der Waals surface area contributed by atoms with Gasteiger partial charge in [0.1, 0.15) is 11.6 Å². The van der Waals surface area contributed by atoms with Crippen LogP contribution in [0.1, 0.15) is 52.1 Å². The number of anilines is 3. The maximum Gasteiger partial charge on any atom is 0.246 e. The number of carbonyl (C=O) groups is 1. The zero-order valence-electron chi connectivity index (χ0n) is 19.6. The molecule has 0 saturated carbocycles. The molecule has 2 fully saturated rings. The van der Waals surface area contributed by atoms with Crippen LogP contribution >= 0.6 is 0 Å². The number of H-pyrrole nitrogens is 1. The van der Waals surface area contributed by atoms with Crippen molar-refractivity contribution in [2.45, 2.75) is 64.0 Å². The van der Waals surface area contributed by atoms with E-state index in [1.54, 1.807) is 4.52 Å². The third kappa shape index (κ3) is 4.52. The van der Waals surface area contributed by atoms with Crippen LogP contribution in [0.2, 0.25) is 0 Å². The summed E-state index contributed by atoms with van der Waals surface area (Å²) < 4.78 is 1.81. The van der Waals surface area contributed by atoms with Crippen LogP contribution in [0.15, 0.2) is 24.4 Å². The zero-order chi connectivity index (χ0) is 23.0. The van der Waals surface area contributed by atoms with Gasteiger partial charge in [0.2, 0.25) is 11.9 Å². The van der Waals surface area contributed by atoms with Gasteiger partial charge in [0, 0.05) is 42.5 Å². The Morgan fingerprint density at radius 2 is 2.12 bits per heavy atom. The number of fused-ring (bicyclic) bond motifs is 1. The monoisotopic (exact) mass is 451 g/mol. The molecule has 10 heteroatoms. The van der Waals surface area contributed by atoms with Crippen molar-refractivity contribution < 1.29 is 4.79 Å². The molecule has 3 aromatic rings. The highest BCUT2D eigenvalue weighted by Crippen LogP contribution is 2.28. The fourth-order valence-corrected chi connectivity index (χ4v) is 4.58. The average molecular weight is 452 g/mol. The number of carbonyl (C=O) groups excluding carboxylic acids is 1. The quantitative estimate of drug-likeness (QED) is 0.471. The lowest BCUT2D eigenvalue weighted by Crippen LogP contribution is -2.51. The molecule has 176 valence electrons. The number of amides is 1. The summed E-state index contributed by atoms with van der Waals surface area (Å²) in [5, 5.41) is 22.2. The van der Waals surface area contributed by atoms with Crippen LogP contribution in [0.25, 0.3) is 5.52 Å². The lowest BCUT2D eigenvalue weighted by molar-refractivity contribution is -0.123. The molecule has 0 radical (unpaired) electrons. The maximum absolute atomic E-state index is 13.1. The van der Waals surface area contributed by atoms with Gasteiger partial charge in [0.05, 0.1) is 0 Å². The molecule has 33 heavy (non-hydrogen) atoms.